The molecular weight excluding hydrogens is 290 g/mol. The van der Waals surface area contributed by atoms with Crippen molar-refractivity contribution >= 4 is 16.1 Å². The van der Waals surface area contributed by atoms with E-state index in [9.17, 15) is 13.2 Å². The molecule has 2 rings (SSSR count). The Hall–Kier alpha value is -1.44. The summed E-state index contributed by atoms with van der Waals surface area (Å²) in [6.07, 6.45) is 1.00. The summed E-state index contributed by atoms with van der Waals surface area (Å²) in [4.78, 5) is 13.7. The molecule has 0 radical (unpaired) electrons. The average molecular weight is 311 g/mol. The van der Waals surface area contributed by atoms with Crippen molar-refractivity contribution in [2.75, 3.05) is 27.2 Å². The number of carbonyl (C=O) groups is 1. The molecule has 1 amide bonds. The third-order valence-electron chi connectivity index (χ3n) is 3.52. The number of benzene rings is 1. The second kappa shape index (κ2) is 6.55. The smallest absolute Gasteiger partial charge is 0.279 e. The van der Waals surface area contributed by atoms with Crippen LogP contribution in [0.25, 0.3) is 0 Å². The van der Waals surface area contributed by atoms with Crippen LogP contribution in [0.15, 0.2) is 30.3 Å². The molecule has 1 aliphatic heterocycles. The van der Waals surface area contributed by atoms with Gasteiger partial charge in [0.15, 0.2) is 0 Å². The van der Waals surface area contributed by atoms with E-state index < -0.39 is 10.2 Å². The van der Waals surface area contributed by atoms with Crippen molar-refractivity contribution in [3.63, 3.8) is 0 Å². The molecule has 0 aromatic heterocycles. The Kier molecular flexibility index (Phi) is 4.97. The summed E-state index contributed by atoms with van der Waals surface area (Å²) in [6, 6.07) is 9.58. The number of nitrogens with zero attached hydrogens (tertiary/aromatic N) is 2. The first-order valence-corrected chi connectivity index (χ1v) is 8.34. The molecule has 1 fully saturated rings. The number of likely N-dealkylation sites (tertiary alicyclic amines) is 1. The van der Waals surface area contributed by atoms with E-state index in [1.165, 1.54) is 19.7 Å². The average Bonchev–Trinajstić information content (AvgIpc) is 2.76. The van der Waals surface area contributed by atoms with Gasteiger partial charge in [0.25, 0.3) is 10.2 Å². The number of hydrogen-bond acceptors (Lipinski definition) is 3. The Morgan fingerprint density at radius 2 is 1.95 bits per heavy atom. The minimum absolute atomic E-state index is 0.00242. The number of hydrogen-bond donors (Lipinski definition) is 1. The minimum atomic E-state index is -3.49. The molecule has 1 aromatic carbocycles. The summed E-state index contributed by atoms with van der Waals surface area (Å²) >= 11 is 0. The van der Waals surface area contributed by atoms with E-state index >= 15 is 0 Å². The Morgan fingerprint density at radius 3 is 2.57 bits per heavy atom. The predicted octanol–water partition coefficient (Wildman–Crippen LogP) is 0.226. The zero-order valence-corrected chi connectivity index (χ0v) is 13.1. The van der Waals surface area contributed by atoms with Gasteiger partial charge in [0, 0.05) is 39.6 Å². The van der Waals surface area contributed by atoms with Crippen molar-refractivity contribution in [3.8, 4) is 0 Å². The van der Waals surface area contributed by atoms with Gasteiger partial charge < -0.3 is 4.90 Å². The van der Waals surface area contributed by atoms with E-state index in [0.29, 0.717) is 13.1 Å². The molecule has 6 nitrogen and oxygen atoms in total. The van der Waals surface area contributed by atoms with Crippen molar-refractivity contribution in [1.29, 1.82) is 0 Å². The van der Waals surface area contributed by atoms with Crippen molar-refractivity contribution in [3.05, 3.63) is 35.9 Å². The summed E-state index contributed by atoms with van der Waals surface area (Å²) in [5.74, 6) is -0.00242. The molecule has 1 saturated heterocycles. The first-order chi connectivity index (χ1) is 9.88. The molecule has 116 valence electrons. The van der Waals surface area contributed by atoms with Gasteiger partial charge in [-0.3, -0.25) is 4.79 Å². The molecule has 0 unspecified atom stereocenters. The van der Waals surface area contributed by atoms with Crippen molar-refractivity contribution in [2.45, 2.75) is 18.9 Å². The second-order valence-corrected chi connectivity index (χ2v) is 7.30. The molecule has 0 aliphatic carbocycles. The van der Waals surface area contributed by atoms with Gasteiger partial charge in [-0.05, 0) is 12.0 Å². The van der Waals surface area contributed by atoms with E-state index in [1.54, 1.807) is 4.90 Å². The summed E-state index contributed by atoms with van der Waals surface area (Å²) < 4.78 is 27.2. The zero-order valence-electron chi connectivity index (χ0n) is 12.3. The van der Waals surface area contributed by atoms with Crippen LogP contribution in [0.4, 0.5) is 0 Å². The third kappa shape index (κ3) is 4.26. The van der Waals surface area contributed by atoms with Crippen LogP contribution in [0.5, 0.6) is 0 Å². The first kappa shape index (κ1) is 15.9. The third-order valence-corrected chi connectivity index (χ3v) is 5.12. The molecule has 0 spiro atoms. The highest BCUT2D eigenvalue weighted by Crippen LogP contribution is 2.13. The standard InChI is InChI=1S/C14H21N3O3S/c1-16(2)21(19,20)15-13-10-14(18)17(11-13)9-8-12-6-4-3-5-7-12/h3-7,13,15H,8-11H2,1-2H3/t13-/m0/s1. The molecule has 1 N–H and O–H groups in total. The van der Waals surface area contributed by atoms with Gasteiger partial charge in [-0.2, -0.15) is 17.4 Å². The lowest BCUT2D eigenvalue weighted by Crippen LogP contribution is -2.43. The first-order valence-electron chi connectivity index (χ1n) is 6.90. The highest BCUT2D eigenvalue weighted by molar-refractivity contribution is 7.87. The molecule has 7 heteroatoms. The van der Waals surface area contributed by atoms with Gasteiger partial charge in [0.2, 0.25) is 5.91 Å². The van der Waals surface area contributed by atoms with E-state index in [-0.39, 0.29) is 18.4 Å². The van der Waals surface area contributed by atoms with Gasteiger partial charge in [-0.25, -0.2) is 0 Å². The largest absolute Gasteiger partial charge is 0.341 e. The fourth-order valence-corrected chi connectivity index (χ4v) is 3.08. The van der Waals surface area contributed by atoms with E-state index in [1.807, 2.05) is 30.3 Å². The van der Waals surface area contributed by atoms with E-state index in [0.717, 1.165) is 10.7 Å². The lowest BCUT2D eigenvalue weighted by Gasteiger charge is -2.18. The normalized spacial score (nSPS) is 19.5. The molecule has 0 saturated carbocycles. The molecule has 1 atom stereocenters. The quantitative estimate of drug-likeness (QED) is 0.817. The summed E-state index contributed by atoms with van der Waals surface area (Å²) in [5.41, 5.74) is 1.17. The number of carbonyl (C=O) groups excluding carboxylic acids is 1. The van der Waals surface area contributed by atoms with Crippen LogP contribution in [0, 0.1) is 0 Å². The Morgan fingerprint density at radius 1 is 1.29 bits per heavy atom. The fraction of sp³-hybridized carbons (Fsp3) is 0.500. The topological polar surface area (TPSA) is 69.7 Å². The maximum Gasteiger partial charge on any atom is 0.279 e. The van der Waals surface area contributed by atoms with Crippen LogP contribution in [-0.2, 0) is 21.4 Å². The Balaban J connectivity index is 1.88. The van der Waals surface area contributed by atoms with Gasteiger partial charge in [-0.15, -0.1) is 0 Å². The molecule has 1 aromatic rings. The Labute approximate surface area is 125 Å². The molecule has 21 heavy (non-hydrogen) atoms. The number of amides is 1. The van der Waals surface area contributed by atoms with E-state index in [4.69, 9.17) is 0 Å². The van der Waals surface area contributed by atoms with Crippen molar-refractivity contribution in [2.24, 2.45) is 0 Å². The minimum Gasteiger partial charge on any atom is -0.341 e. The lowest BCUT2D eigenvalue weighted by atomic mass is 10.1. The molecule has 1 aliphatic rings. The summed E-state index contributed by atoms with van der Waals surface area (Å²) in [7, 11) is -0.562. The van der Waals surface area contributed by atoms with Crippen LogP contribution in [0.1, 0.15) is 12.0 Å². The number of nitrogens with one attached hydrogen (secondary N) is 1. The maximum atomic E-state index is 11.9. The van der Waals surface area contributed by atoms with Crippen LogP contribution in [0.3, 0.4) is 0 Å². The van der Waals surface area contributed by atoms with Crippen LogP contribution in [0.2, 0.25) is 0 Å². The zero-order chi connectivity index (χ0) is 15.5. The fourth-order valence-electron chi connectivity index (χ4n) is 2.29. The molecule has 1 heterocycles. The second-order valence-electron chi connectivity index (χ2n) is 5.38. The van der Waals surface area contributed by atoms with Gasteiger partial charge >= 0.3 is 0 Å². The highest BCUT2D eigenvalue weighted by atomic mass is 32.2. The summed E-state index contributed by atoms with van der Waals surface area (Å²) in [5, 5.41) is 0. The van der Waals surface area contributed by atoms with Crippen LogP contribution < -0.4 is 4.72 Å². The molecular formula is C14H21N3O3S. The SMILES string of the molecule is CN(C)S(=O)(=O)N[C@H]1CC(=O)N(CCc2ccccc2)C1. The van der Waals surface area contributed by atoms with Crippen LogP contribution >= 0.6 is 0 Å². The van der Waals surface area contributed by atoms with Gasteiger partial charge in [0.1, 0.15) is 0 Å². The predicted molar refractivity (Wildman–Crippen MR) is 80.9 cm³/mol. The monoisotopic (exact) mass is 311 g/mol. The van der Waals surface area contributed by atoms with E-state index in [2.05, 4.69) is 4.72 Å². The number of rotatable bonds is 6. The maximum absolute atomic E-state index is 11.9. The van der Waals surface area contributed by atoms with Gasteiger partial charge in [0.05, 0.1) is 0 Å². The summed E-state index contributed by atoms with van der Waals surface area (Å²) in [6.45, 7) is 1.04. The lowest BCUT2D eigenvalue weighted by molar-refractivity contribution is -0.127. The van der Waals surface area contributed by atoms with Crippen LogP contribution in [-0.4, -0.2) is 56.8 Å². The molecule has 0 bridgehead atoms. The highest BCUT2D eigenvalue weighted by Gasteiger charge is 2.32. The van der Waals surface area contributed by atoms with Gasteiger partial charge in [-0.1, -0.05) is 30.3 Å². The van der Waals surface area contributed by atoms with Crippen molar-refractivity contribution in [1.82, 2.24) is 13.9 Å². The Bertz CT molecular complexity index is 587. The van der Waals surface area contributed by atoms with Crippen molar-refractivity contribution < 1.29 is 13.2 Å².